The molecule has 240 valence electrons. The smallest absolute Gasteiger partial charge is 0.306 e. The number of aliphatic carboxylic acids is 1. The first-order valence-corrected chi connectivity index (χ1v) is 17.8. The largest absolute Gasteiger partial charge is 0.481 e. The summed E-state index contributed by atoms with van der Waals surface area (Å²) in [4.78, 5) is 23.1. The summed E-state index contributed by atoms with van der Waals surface area (Å²) in [5.74, 6) is -0.713. The van der Waals surface area contributed by atoms with Crippen molar-refractivity contribution in [1.82, 2.24) is 0 Å². The van der Waals surface area contributed by atoms with Crippen LogP contribution in [0, 0.1) is 0 Å². The molecule has 0 amide bonds. The maximum absolute atomic E-state index is 12.5. The van der Waals surface area contributed by atoms with E-state index < -0.39 is 5.97 Å². The number of rotatable bonds is 32. The van der Waals surface area contributed by atoms with Crippen molar-refractivity contribution in [2.75, 3.05) is 0 Å². The number of carboxylic acids is 1. The highest BCUT2D eigenvalue weighted by molar-refractivity contribution is 5.69. The highest BCUT2D eigenvalue weighted by Gasteiger charge is 2.14. The Morgan fingerprint density at radius 3 is 1.49 bits per heavy atom. The van der Waals surface area contributed by atoms with Gasteiger partial charge in [-0.2, -0.15) is 0 Å². The van der Waals surface area contributed by atoms with Crippen LogP contribution in [0.3, 0.4) is 0 Å². The number of allylic oxidation sites excluding steroid dienone is 4. The van der Waals surface area contributed by atoms with Gasteiger partial charge in [0.25, 0.3) is 0 Å². The van der Waals surface area contributed by atoms with Crippen molar-refractivity contribution in [3.05, 3.63) is 24.3 Å². The van der Waals surface area contributed by atoms with Crippen molar-refractivity contribution in [3.63, 3.8) is 0 Å². The molecular formula is C37H68O4. The Bertz CT molecular complexity index is 624. The first-order valence-electron chi connectivity index (χ1n) is 17.8. The zero-order valence-corrected chi connectivity index (χ0v) is 27.4. The zero-order chi connectivity index (χ0) is 30.1. The topological polar surface area (TPSA) is 63.6 Å². The number of hydrogen-bond donors (Lipinski definition) is 1. The highest BCUT2D eigenvalue weighted by Crippen LogP contribution is 2.18. The molecule has 0 saturated heterocycles. The molecule has 0 aliphatic carbocycles. The molecule has 0 spiro atoms. The summed E-state index contributed by atoms with van der Waals surface area (Å²) in [6.45, 7) is 4.47. The number of carbonyl (C=O) groups is 2. The third-order valence-electron chi connectivity index (χ3n) is 7.93. The van der Waals surface area contributed by atoms with Crippen LogP contribution >= 0.6 is 0 Å². The maximum Gasteiger partial charge on any atom is 0.306 e. The first-order chi connectivity index (χ1) is 20.1. The normalized spacial score (nSPS) is 12.4. The summed E-state index contributed by atoms with van der Waals surface area (Å²) in [7, 11) is 0. The lowest BCUT2D eigenvalue weighted by molar-refractivity contribution is -0.150. The van der Waals surface area contributed by atoms with E-state index in [-0.39, 0.29) is 18.5 Å². The molecule has 41 heavy (non-hydrogen) atoms. The summed E-state index contributed by atoms with van der Waals surface area (Å²) in [6.07, 6.45) is 40.7. The molecule has 0 saturated carbocycles. The predicted molar refractivity (Wildman–Crippen MR) is 176 cm³/mol. The average molecular weight is 577 g/mol. The number of unbranched alkanes of at least 4 members (excludes halogenated alkanes) is 19. The molecule has 1 unspecified atom stereocenters. The lowest BCUT2D eigenvalue weighted by Crippen LogP contribution is -2.18. The SMILES string of the molecule is CCCCC/C=C\C/C=C\CCCCCCCCCCCC(=O)OC(CCCCCC)CCCCCCCC(=O)O. The monoisotopic (exact) mass is 577 g/mol. The van der Waals surface area contributed by atoms with Crippen LogP contribution in [0.15, 0.2) is 24.3 Å². The third-order valence-corrected chi connectivity index (χ3v) is 7.93. The van der Waals surface area contributed by atoms with E-state index >= 15 is 0 Å². The van der Waals surface area contributed by atoms with Gasteiger partial charge in [-0.25, -0.2) is 0 Å². The average Bonchev–Trinajstić information content (AvgIpc) is 2.95. The van der Waals surface area contributed by atoms with E-state index in [1.54, 1.807) is 0 Å². The third kappa shape index (κ3) is 32.8. The minimum atomic E-state index is -0.703. The van der Waals surface area contributed by atoms with Crippen LogP contribution in [0.1, 0.15) is 194 Å². The van der Waals surface area contributed by atoms with E-state index in [4.69, 9.17) is 9.84 Å². The van der Waals surface area contributed by atoms with Gasteiger partial charge in [-0.15, -0.1) is 0 Å². The second kappa shape index (κ2) is 32.9. The van der Waals surface area contributed by atoms with Gasteiger partial charge in [0.15, 0.2) is 0 Å². The molecule has 0 aromatic rings. The maximum atomic E-state index is 12.5. The summed E-state index contributed by atoms with van der Waals surface area (Å²) in [6, 6.07) is 0. The zero-order valence-electron chi connectivity index (χ0n) is 27.4. The van der Waals surface area contributed by atoms with E-state index in [9.17, 15) is 9.59 Å². The first kappa shape index (κ1) is 39.4. The molecule has 0 fully saturated rings. The van der Waals surface area contributed by atoms with Gasteiger partial charge in [0, 0.05) is 12.8 Å². The lowest BCUT2D eigenvalue weighted by Gasteiger charge is -2.18. The Balaban J connectivity index is 3.74. The Hall–Kier alpha value is -1.58. The molecule has 0 aliphatic rings. The van der Waals surface area contributed by atoms with Crippen molar-refractivity contribution in [2.24, 2.45) is 0 Å². The summed E-state index contributed by atoms with van der Waals surface area (Å²) < 4.78 is 5.90. The minimum Gasteiger partial charge on any atom is -0.481 e. The molecule has 1 atom stereocenters. The number of ether oxygens (including phenoxy) is 1. The van der Waals surface area contributed by atoms with Crippen molar-refractivity contribution in [2.45, 2.75) is 200 Å². The van der Waals surface area contributed by atoms with Gasteiger partial charge in [0.2, 0.25) is 0 Å². The summed E-state index contributed by atoms with van der Waals surface area (Å²) >= 11 is 0. The van der Waals surface area contributed by atoms with Crippen LogP contribution in [0.25, 0.3) is 0 Å². The molecule has 4 heteroatoms. The molecular weight excluding hydrogens is 508 g/mol. The van der Waals surface area contributed by atoms with Crippen LogP contribution in [-0.2, 0) is 14.3 Å². The quantitative estimate of drug-likeness (QED) is 0.0491. The highest BCUT2D eigenvalue weighted by atomic mass is 16.5. The molecule has 0 radical (unpaired) electrons. The van der Waals surface area contributed by atoms with Crippen molar-refractivity contribution in [3.8, 4) is 0 Å². The number of carbonyl (C=O) groups excluding carboxylic acids is 1. The van der Waals surface area contributed by atoms with Crippen LogP contribution in [0.4, 0.5) is 0 Å². The molecule has 0 aromatic carbocycles. The fourth-order valence-corrected chi connectivity index (χ4v) is 5.27. The van der Waals surface area contributed by atoms with E-state index in [0.717, 1.165) is 70.6 Å². The van der Waals surface area contributed by atoms with E-state index in [1.807, 2.05) is 0 Å². The molecule has 0 aromatic heterocycles. The van der Waals surface area contributed by atoms with Crippen LogP contribution in [-0.4, -0.2) is 23.1 Å². The van der Waals surface area contributed by atoms with Gasteiger partial charge in [-0.05, 0) is 70.6 Å². The Morgan fingerprint density at radius 1 is 0.537 bits per heavy atom. The van der Waals surface area contributed by atoms with Gasteiger partial charge >= 0.3 is 11.9 Å². The van der Waals surface area contributed by atoms with Crippen molar-refractivity contribution in [1.29, 1.82) is 0 Å². The molecule has 0 rings (SSSR count). The Labute approximate surface area is 255 Å². The molecule has 0 heterocycles. The van der Waals surface area contributed by atoms with Crippen LogP contribution in [0.5, 0.6) is 0 Å². The Kier molecular flexibility index (Phi) is 31.7. The number of hydrogen-bond acceptors (Lipinski definition) is 3. The predicted octanol–water partition coefficient (Wildman–Crippen LogP) is 12.1. The van der Waals surface area contributed by atoms with Crippen LogP contribution < -0.4 is 0 Å². The van der Waals surface area contributed by atoms with E-state index in [1.165, 1.54) is 96.3 Å². The Morgan fingerprint density at radius 2 is 0.951 bits per heavy atom. The van der Waals surface area contributed by atoms with Gasteiger partial charge in [-0.3, -0.25) is 9.59 Å². The standard InChI is InChI=1S/C37H68O4/c1-3-5-7-9-10-11-12-13-14-15-16-17-18-19-20-21-22-26-30-34-37(40)41-35(31-27-8-6-4-2)32-28-24-23-25-29-33-36(38)39/h10-11,13-14,35H,3-9,12,15-34H2,1-2H3,(H,38,39)/b11-10-,14-13-. The number of esters is 1. The van der Waals surface area contributed by atoms with Gasteiger partial charge in [-0.1, -0.05) is 134 Å². The van der Waals surface area contributed by atoms with Crippen LogP contribution in [0.2, 0.25) is 0 Å². The second-order valence-electron chi connectivity index (χ2n) is 12.1. The lowest BCUT2D eigenvalue weighted by atomic mass is 10.0. The van der Waals surface area contributed by atoms with E-state index in [0.29, 0.717) is 6.42 Å². The van der Waals surface area contributed by atoms with Crippen molar-refractivity contribution < 1.29 is 19.4 Å². The summed E-state index contributed by atoms with van der Waals surface area (Å²) in [5.41, 5.74) is 0. The fourth-order valence-electron chi connectivity index (χ4n) is 5.27. The number of carboxylic acid groups (broad SMARTS) is 1. The molecule has 4 nitrogen and oxygen atoms in total. The molecule has 0 bridgehead atoms. The van der Waals surface area contributed by atoms with Gasteiger partial charge < -0.3 is 9.84 Å². The minimum absolute atomic E-state index is 0.0102. The second-order valence-corrected chi connectivity index (χ2v) is 12.1. The van der Waals surface area contributed by atoms with Gasteiger partial charge in [0.1, 0.15) is 6.10 Å². The fraction of sp³-hybridized carbons (Fsp3) is 0.838. The van der Waals surface area contributed by atoms with Gasteiger partial charge in [0.05, 0.1) is 0 Å². The van der Waals surface area contributed by atoms with Crippen molar-refractivity contribution >= 4 is 11.9 Å². The summed E-state index contributed by atoms with van der Waals surface area (Å²) in [5, 5.41) is 8.74. The van der Waals surface area contributed by atoms with E-state index in [2.05, 4.69) is 38.2 Å². The molecule has 1 N–H and O–H groups in total. The molecule has 0 aliphatic heterocycles.